The van der Waals surface area contributed by atoms with Crippen molar-refractivity contribution >= 4 is 34.9 Å². The summed E-state index contributed by atoms with van der Waals surface area (Å²) in [6.45, 7) is 11.9. The summed E-state index contributed by atoms with van der Waals surface area (Å²) in [5, 5.41) is 6.70. The number of hydrogen-bond donors (Lipinski definition) is 2. The minimum absolute atomic E-state index is 0.0414. The lowest BCUT2D eigenvalue weighted by molar-refractivity contribution is -0.143. The van der Waals surface area contributed by atoms with Gasteiger partial charge in [0.2, 0.25) is 5.91 Å². The van der Waals surface area contributed by atoms with Gasteiger partial charge in [-0.1, -0.05) is 26.0 Å². The molecule has 152 valence electrons. The molecule has 1 aromatic rings. The number of benzene rings is 1. The number of nitrogens with zero attached hydrogens (tertiary/aromatic N) is 1. The van der Waals surface area contributed by atoms with E-state index in [9.17, 15) is 9.59 Å². The fourth-order valence-corrected chi connectivity index (χ4v) is 3.38. The molecule has 0 saturated heterocycles. The van der Waals surface area contributed by atoms with E-state index in [-0.39, 0.29) is 23.9 Å². The van der Waals surface area contributed by atoms with Crippen molar-refractivity contribution in [2.24, 2.45) is 5.92 Å². The van der Waals surface area contributed by atoms with E-state index < -0.39 is 6.04 Å². The van der Waals surface area contributed by atoms with E-state index in [2.05, 4.69) is 10.6 Å². The van der Waals surface area contributed by atoms with Crippen LogP contribution in [0.4, 0.5) is 5.69 Å². The molecule has 0 bridgehead atoms. The Kier molecular flexibility index (Phi) is 7.18. The predicted molar refractivity (Wildman–Crippen MR) is 115 cm³/mol. The van der Waals surface area contributed by atoms with Gasteiger partial charge in [0.05, 0.1) is 17.7 Å². The summed E-state index contributed by atoms with van der Waals surface area (Å²) in [5.74, 6) is -0.497. The summed E-state index contributed by atoms with van der Waals surface area (Å²) in [6.07, 6.45) is -0.217. The maximum absolute atomic E-state index is 12.8. The van der Waals surface area contributed by atoms with Crippen molar-refractivity contribution in [1.82, 2.24) is 10.2 Å². The van der Waals surface area contributed by atoms with Crippen LogP contribution in [0.3, 0.4) is 0 Å². The molecule has 0 fully saturated rings. The van der Waals surface area contributed by atoms with E-state index in [1.165, 1.54) is 0 Å². The maximum Gasteiger partial charge on any atom is 0.338 e. The zero-order valence-electron chi connectivity index (χ0n) is 17.3. The van der Waals surface area contributed by atoms with E-state index in [1.807, 2.05) is 70.7 Å². The van der Waals surface area contributed by atoms with Crippen molar-refractivity contribution < 1.29 is 14.3 Å². The van der Waals surface area contributed by atoms with Crippen molar-refractivity contribution in [1.29, 1.82) is 0 Å². The Bertz CT molecular complexity index is 785. The Morgan fingerprint density at radius 3 is 2.32 bits per heavy atom. The van der Waals surface area contributed by atoms with Crippen LogP contribution in [0.1, 0.15) is 53.1 Å². The van der Waals surface area contributed by atoms with Gasteiger partial charge in [-0.25, -0.2) is 4.79 Å². The Balaban J connectivity index is 2.38. The van der Waals surface area contributed by atoms with Gasteiger partial charge in [-0.15, -0.1) is 0 Å². The molecule has 1 aliphatic rings. The number of hydrogen-bond acceptors (Lipinski definition) is 4. The minimum atomic E-state index is -0.406. The van der Waals surface area contributed by atoms with Crippen LogP contribution in [0.25, 0.3) is 0 Å². The summed E-state index contributed by atoms with van der Waals surface area (Å²) in [5.41, 5.74) is 2.92. The van der Waals surface area contributed by atoms with Crippen LogP contribution in [-0.2, 0) is 14.3 Å². The van der Waals surface area contributed by atoms with Gasteiger partial charge in [0.1, 0.15) is 0 Å². The van der Waals surface area contributed by atoms with E-state index in [4.69, 9.17) is 17.0 Å². The monoisotopic (exact) mass is 403 g/mol. The first-order chi connectivity index (χ1) is 13.1. The largest absolute Gasteiger partial charge is 0.459 e. The van der Waals surface area contributed by atoms with Gasteiger partial charge in [0, 0.05) is 23.8 Å². The molecular weight excluding hydrogens is 374 g/mol. The highest BCUT2D eigenvalue weighted by molar-refractivity contribution is 7.80. The molecule has 6 nitrogen and oxygen atoms in total. The second-order valence-corrected chi connectivity index (χ2v) is 7.73. The first-order valence-electron chi connectivity index (χ1n) is 9.56. The molecule has 0 spiro atoms. The van der Waals surface area contributed by atoms with Gasteiger partial charge in [-0.2, -0.15) is 0 Å². The van der Waals surface area contributed by atoms with Crippen molar-refractivity contribution in [2.45, 2.75) is 53.7 Å². The predicted octanol–water partition coefficient (Wildman–Crippen LogP) is 3.76. The molecule has 0 radical (unpaired) electrons. The van der Waals surface area contributed by atoms with Crippen molar-refractivity contribution in [3.05, 3.63) is 41.1 Å². The van der Waals surface area contributed by atoms with Gasteiger partial charge in [0.25, 0.3) is 0 Å². The topological polar surface area (TPSA) is 70.7 Å². The Labute approximate surface area is 172 Å². The Hall–Kier alpha value is -2.41. The minimum Gasteiger partial charge on any atom is -0.459 e. The highest BCUT2D eigenvalue weighted by Crippen LogP contribution is 2.32. The number of nitrogens with one attached hydrogen (secondary N) is 2. The highest BCUT2D eigenvalue weighted by atomic mass is 32.1. The number of amides is 1. The van der Waals surface area contributed by atoms with Crippen LogP contribution >= 0.6 is 12.2 Å². The average Bonchev–Trinajstić information content (AvgIpc) is 2.61. The molecule has 1 aromatic carbocycles. The third-order valence-corrected chi connectivity index (χ3v) is 4.85. The number of ether oxygens (including phenoxy) is 1. The summed E-state index contributed by atoms with van der Waals surface area (Å²) < 4.78 is 5.48. The van der Waals surface area contributed by atoms with Crippen LogP contribution in [0.15, 0.2) is 35.5 Å². The summed E-state index contributed by atoms with van der Waals surface area (Å²) >= 11 is 5.49. The molecule has 2 rings (SSSR count). The van der Waals surface area contributed by atoms with Crippen LogP contribution in [0.2, 0.25) is 0 Å². The number of carbonyl (C=O) groups is 2. The second-order valence-electron chi connectivity index (χ2n) is 7.35. The number of rotatable bonds is 6. The van der Waals surface area contributed by atoms with Crippen LogP contribution in [-0.4, -0.2) is 34.5 Å². The molecule has 7 heteroatoms. The lowest BCUT2D eigenvalue weighted by Gasteiger charge is -2.37. The quantitative estimate of drug-likeness (QED) is 0.557. The molecule has 1 atom stereocenters. The van der Waals surface area contributed by atoms with Gasteiger partial charge in [-0.05, 0) is 57.6 Å². The zero-order chi connectivity index (χ0) is 21.0. The van der Waals surface area contributed by atoms with Gasteiger partial charge in [-0.3, -0.25) is 4.79 Å². The Morgan fingerprint density at radius 2 is 1.82 bits per heavy atom. The van der Waals surface area contributed by atoms with E-state index in [0.717, 1.165) is 11.3 Å². The van der Waals surface area contributed by atoms with Crippen LogP contribution in [0, 0.1) is 5.92 Å². The number of thiocarbonyl (C=S) groups is 1. The second kappa shape index (κ2) is 9.19. The summed E-state index contributed by atoms with van der Waals surface area (Å²) in [4.78, 5) is 26.6. The number of carbonyl (C=O) groups excluding carboxylic acids is 2. The summed E-state index contributed by atoms with van der Waals surface area (Å²) in [7, 11) is 0. The van der Waals surface area contributed by atoms with Gasteiger partial charge < -0.3 is 20.3 Å². The average molecular weight is 404 g/mol. The fraction of sp³-hybridized carbons (Fsp3) is 0.476. The molecular formula is C21H29N3O3S. The van der Waals surface area contributed by atoms with Gasteiger partial charge in [0.15, 0.2) is 5.11 Å². The summed E-state index contributed by atoms with van der Waals surface area (Å²) in [6, 6.07) is 7.01. The van der Waals surface area contributed by atoms with Crippen LogP contribution < -0.4 is 10.6 Å². The van der Waals surface area contributed by atoms with Crippen molar-refractivity contribution in [3.63, 3.8) is 0 Å². The smallest absolute Gasteiger partial charge is 0.338 e. The van der Waals surface area contributed by atoms with Crippen LogP contribution in [0.5, 0.6) is 0 Å². The van der Waals surface area contributed by atoms with E-state index in [0.29, 0.717) is 22.9 Å². The number of allylic oxidation sites excluding steroid dienone is 1. The third kappa shape index (κ3) is 4.90. The fourth-order valence-electron chi connectivity index (χ4n) is 3.00. The molecule has 0 aromatic heterocycles. The molecule has 2 N–H and O–H groups in total. The first kappa shape index (κ1) is 21.9. The molecule has 1 amide bonds. The molecule has 0 aliphatic carbocycles. The lowest BCUT2D eigenvalue weighted by atomic mass is 9.94. The first-order valence-corrected chi connectivity index (χ1v) is 9.97. The molecule has 1 unspecified atom stereocenters. The molecule has 28 heavy (non-hydrogen) atoms. The Morgan fingerprint density at radius 1 is 1.21 bits per heavy atom. The van der Waals surface area contributed by atoms with E-state index >= 15 is 0 Å². The third-order valence-electron chi connectivity index (χ3n) is 4.51. The molecule has 1 aliphatic heterocycles. The molecule has 0 saturated carbocycles. The van der Waals surface area contributed by atoms with Crippen molar-refractivity contribution in [2.75, 3.05) is 11.9 Å². The van der Waals surface area contributed by atoms with E-state index in [1.54, 1.807) is 0 Å². The van der Waals surface area contributed by atoms with Crippen molar-refractivity contribution in [3.8, 4) is 0 Å². The lowest BCUT2D eigenvalue weighted by Crippen LogP contribution is -2.47. The standard InChI is InChI=1S/C21H29N3O3S/c1-7-24-14(6)17(20(26)27-13(4)5)18(23-21(24)28)15-8-10-16(11-9-15)22-19(25)12(2)3/h8-13,18H,7H2,1-6H3,(H,22,25)(H,23,28). The highest BCUT2D eigenvalue weighted by Gasteiger charge is 2.34. The van der Waals surface area contributed by atoms with Gasteiger partial charge >= 0.3 is 5.97 Å². The normalized spacial score (nSPS) is 17.1. The maximum atomic E-state index is 12.8. The molecule has 1 heterocycles. The number of anilines is 1. The SMILES string of the molecule is CCN1C(=S)NC(c2ccc(NC(=O)C(C)C)cc2)C(C(=O)OC(C)C)=C1C. The zero-order valence-corrected chi connectivity index (χ0v) is 18.1. The number of esters is 1.